The number of H-pyrrole nitrogens is 2. The van der Waals surface area contributed by atoms with Crippen LogP contribution in [0.3, 0.4) is 0 Å². The van der Waals surface area contributed by atoms with Crippen LogP contribution < -0.4 is 21.2 Å². The maximum absolute atomic E-state index is 12.2. The van der Waals surface area contributed by atoms with Crippen LogP contribution in [0.2, 0.25) is 0 Å². The Morgan fingerprint density at radius 2 is 0.484 bits per heavy atom. The van der Waals surface area contributed by atoms with Crippen molar-refractivity contribution in [1.82, 2.24) is 19.9 Å². The molecular weight excluding hydrogens is 900 g/mol. The van der Waals surface area contributed by atoms with E-state index in [1.165, 1.54) is 48.5 Å². The van der Waals surface area contributed by atoms with E-state index in [1.807, 2.05) is 0 Å². The molecule has 0 fully saturated rings. The van der Waals surface area contributed by atoms with Gasteiger partial charge in [-0.25, -0.2) is 9.97 Å². The Bertz CT molecular complexity index is 3020. The molecule has 4 aromatic carbocycles. The molecule has 0 unspecified atom stereocenters. The molecule has 2 aliphatic rings. The molecule has 16 nitrogen and oxygen atoms in total. The van der Waals surface area contributed by atoms with Crippen molar-refractivity contribution in [3.63, 3.8) is 0 Å². The molecule has 3 aromatic heterocycles. The maximum Gasteiger partial charge on any atom is 0.356 e. The fraction of sp³-hybridized carbons (Fsp3) is 0. The highest BCUT2D eigenvalue weighted by atomic mass is 31.2. The molecule has 9 rings (SSSR count). The number of benzene rings is 4. The first-order valence-electron chi connectivity index (χ1n) is 19.0. The SMILES string of the molecule is O=P(O)(O)c1ccc(-c2c3nc(c(-c4ccc(P(=O)(O)O)cc4)c4ccc([nH]4)c(-c4ccc(P(=O)(O)O)cc4)c4nc(c(-c5ccc(P(=O)(O)O)cc5)c5ccc2[nH]5)C=C4)C=C3)cc1. The standard InChI is InChI=1S/C44H34N4O12P4/c49-61(50,51)29-9-1-25(2-10-29)41-33-17-19-35(45-33)42(26-3-11-30(12-4-26)62(52,53)54)37-21-23-39(47-37)44(28-7-15-32(16-8-28)64(58,59)60)40-24-22-38(48-40)43(36-20-18-34(41)46-36)27-5-13-31(14-6-27)63(55,56)57/h1-24,45,48H,(H2,49,50,51)(H2,52,53,54)(H2,55,56,57)(H2,58,59,60). The Balaban J connectivity index is 1.43. The zero-order chi connectivity index (χ0) is 45.3. The lowest BCUT2D eigenvalue weighted by atomic mass is 10.0. The summed E-state index contributed by atoms with van der Waals surface area (Å²) in [6.45, 7) is 0. The third-order valence-corrected chi connectivity index (χ3v) is 14.6. The average molecular weight is 935 g/mol. The topological polar surface area (TPSA) is 287 Å². The third kappa shape index (κ3) is 8.43. The zero-order valence-electron chi connectivity index (χ0n) is 32.8. The number of hydrogen-bond acceptors (Lipinski definition) is 6. The molecule has 0 saturated heterocycles. The van der Waals surface area contributed by atoms with Gasteiger partial charge in [-0.15, -0.1) is 0 Å². The van der Waals surface area contributed by atoms with E-state index in [0.29, 0.717) is 89.4 Å². The van der Waals surface area contributed by atoms with E-state index >= 15 is 0 Å². The second-order valence-electron chi connectivity index (χ2n) is 14.9. The van der Waals surface area contributed by atoms with Gasteiger partial charge in [0.1, 0.15) is 0 Å². The van der Waals surface area contributed by atoms with Gasteiger partial charge in [-0.2, -0.15) is 0 Å². The number of rotatable bonds is 8. The summed E-state index contributed by atoms with van der Waals surface area (Å²) < 4.78 is 48.7. The van der Waals surface area contributed by atoms with Crippen LogP contribution in [0.25, 0.3) is 90.9 Å². The molecule has 0 spiro atoms. The molecule has 20 heteroatoms. The number of fused-ring (bicyclic) bond motifs is 8. The van der Waals surface area contributed by atoms with Crippen LogP contribution in [0.5, 0.6) is 0 Å². The second kappa shape index (κ2) is 16.0. The summed E-state index contributed by atoms with van der Waals surface area (Å²) >= 11 is 0. The average Bonchev–Trinajstić information content (AvgIpc) is 4.08. The number of aromatic nitrogens is 4. The first-order valence-corrected chi connectivity index (χ1v) is 25.5. The molecule has 322 valence electrons. The summed E-state index contributed by atoms with van der Waals surface area (Å²) in [4.78, 5) is 96.4. The molecule has 0 aliphatic carbocycles. The van der Waals surface area contributed by atoms with E-state index < -0.39 is 30.4 Å². The van der Waals surface area contributed by atoms with E-state index in [-0.39, 0.29) is 21.2 Å². The Morgan fingerprint density at radius 3 is 0.656 bits per heavy atom. The highest BCUT2D eigenvalue weighted by Gasteiger charge is 2.24. The van der Waals surface area contributed by atoms with Gasteiger partial charge in [-0.3, -0.25) is 18.3 Å². The lowest BCUT2D eigenvalue weighted by Gasteiger charge is -2.09. The Morgan fingerprint density at radius 1 is 0.297 bits per heavy atom. The van der Waals surface area contributed by atoms with Crippen LogP contribution in [-0.2, 0) is 18.3 Å². The normalized spacial score (nSPS) is 13.1. The van der Waals surface area contributed by atoms with Crippen molar-refractivity contribution in [3.8, 4) is 44.5 Å². The van der Waals surface area contributed by atoms with E-state index in [9.17, 15) is 57.4 Å². The van der Waals surface area contributed by atoms with Crippen molar-refractivity contribution in [2.24, 2.45) is 0 Å². The first kappa shape index (κ1) is 43.3. The van der Waals surface area contributed by atoms with Gasteiger partial charge in [0.05, 0.1) is 44.0 Å². The van der Waals surface area contributed by atoms with Crippen molar-refractivity contribution < 1.29 is 57.4 Å². The van der Waals surface area contributed by atoms with Gasteiger partial charge >= 0.3 is 30.4 Å². The quantitative estimate of drug-likeness (QED) is 0.0725. The van der Waals surface area contributed by atoms with E-state index in [1.54, 1.807) is 97.1 Å². The van der Waals surface area contributed by atoms with Crippen LogP contribution in [0.1, 0.15) is 22.8 Å². The van der Waals surface area contributed by atoms with Crippen LogP contribution in [-0.4, -0.2) is 59.1 Å². The molecule has 0 radical (unpaired) electrons. The zero-order valence-corrected chi connectivity index (χ0v) is 36.3. The van der Waals surface area contributed by atoms with Crippen LogP contribution in [0, 0.1) is 0 Å². The molecule has 7 aromatic rings. The summed E-state index contributed by atoms with van der Waals surface area (Å²) in [5.74, 6) is 0. The van der Waals surface area contributed by atoms with Crippen molar-refractivity contribution in [3.05, 3.63) is 144 Å². The predicted octanol–water partition coefficient (Wildman–Crippen LogP) is 6.54. The Hall–Kier alpha value is -5.92. The van der Waals surface area contributed by atoms with Crippen LogP contribution >= 0.6 is 30.4 Å². The third-order valence-electron chi connectivity index (χ3n) is 10.7. The fourth-order valence-electron chi connectivity index (χ4n) is 7.71. The predicted molar refractivity (Wildman–Crippen MR) is 247 cm³/mol. The van der Waals surface area contributed by atoms with Crippen molar-refractivity contribution in [2.45, 2.75) is 0 Å². The minimum atomic E-state index is -4.60. The smallest absolute Gasteiger partial charge is 0.354 e. The lowest BCUT2D eigenvalue weighted by molar-refractivity contribution is 0.385. The Kier molecular flexibility index (Phi) is 10.8. The number of aromatic amines is 2. The summed E-state index contributed by atoms with van der Waals surface area (Å²) in [6, 6.07) is 30.4. The van der Waals surface area contributed by atoms with Gasteiger partial charge in [-0.1, -0.05) is 48.5 Å². The number of nitrogens with zero attached hydrogens (tertiary/aromatic N) is 2. The molecule has 10 N–H and O–H groups in total. The molecular formula is C44H34N4O12P4. The van der Waals surface area contributed by atoms with Crippen LogP contribution in [0.15, 0.2) is 121 Å². The minimum absolute atomic E-state index is 0.188. The van der Waals surface area contributed by atoms with E-state index in [4.69, 9.17) is 9.97 Å². The molecule has 5 heterocycles. The maximum atomic E-state index is 12.2. The van der Waals surface area contributed by atoms with Gasteiger partial charge in [-0.05, 0) is 119 Å². The first-order chi connectivity index (χ1) is 30.2. The van der Waals surface area contributed by atoms with Gasteiger partial charge < -0.3 is 49.1 Å². The molecule has 8 bridgehead atoms. The second-order valence-corrected chi connectivity index (χ2v) is 21.3. The number of hydrogen-bond donors (Lipinski definition) is 10. The number of nitrogens with one attached hydrogen (secondary N) is 2. The highest BCUT2D eigenvalue weighted by Crippen LogP contribution is 2.42. The summed E-state index contributed by atoms with van der Waals surface area (Å²) in [6.07, 6.45) is 7.07. The van der Waals surface area contributed by atoms with E-state index in [0.717, 1.165) is 0 Å². The van der Waals surface area contributed by atoms with Gasteiger partial charge in [0.15, 0.2) is 0 Å². The van der Waals surface area contributed by atoms with E-state index in [2.05, 4.69) is 9.97 Å². The molecule has 0 saturated carbocycles. The highest BCUT2D eigenvalue weighted by molar-refractivity contribution is 7.61. The monoisotopic (exact) mass is 934 g/mol. The van der Waals surface area contributed by atoms with Gasteiger partial charge in [0.2, 0.25) is 0 Å². The molecule has 2 aliphatic heterocycles. The summed E-state index contributed by atoms with van der Waals surface area (Å²) in [5, 5.41) is -0.753. The fourth-order valence-corrected chi connectivity index (χ4v) is 9.86. The largest absolute Gasteiger partial charge is 0.356 e. The van der Waals surface area contributed by atoms with Gasteiger partial charge in [0.25, 0.3) is 0 Å². The molecule has 0 amide bonds. The molecule has 0 atom stereocenters. The van der Waals surface area contributed by atoms with Crippen LogP contribution in [0.4, 0.5) is 0 Å². The minimum Gasteiger partial charge on any atom is -0.354 e. The van der Waals surface area contributed by atoms with Crippen molar-refractivity contribution >= 4 is 98.0 Å². The lowest BCUT2D eigenvalue weighted by Crippen LogP contribution is -2.03. The Labute approximate surface area is 362 Å². The van der Waals surface area contributed by atoms with Crippen molar-refractivity contribution in [1.29, 1.82) is 0 Å². The molecule has 64 heavy (non-hydrogen) atoms. The van der Waals surface area contributed by atoms with Gasteiger partial charge in [0, 0.05) is 44.3 Å². The summed E-state index contributed by atoms with van der Waals surface area (Å²) in [7, 11) is -18.4. The summed E-state index contributed by atoms with van der Waals surface area (Å²) in [5.41, 5.74) is 8.15. The van der Waals surface area contributed by atoms with Crippen molar-refractivity contribution in [2.75, 3.05) is 0 Å².